The second-order valence-corrected chi connectivity index (χ2v) is 8.04. The number of ether oxygens (including phenoxy) is 1. The first-order valence-electron chi connectivity index (χ1n) is 9.88. The fourth-order valence-corrected chi connectivity index (χ4v) is 4.53. The number of nitrogens with one attached hydrogen (secondary N) is 1. The molecular formula is C24H20N4O2S. The minimum atomic E-state index is -0.156. The molecule has 3 aromatic carbocycles. The summed E-state index contributed by atoms with van der Waals surface area (Å²) in [4.78, 5) is 16.9. The van der Waals surface area contributed by atoms with E-state index in [0.29, 0.717) is 11.4 Å². The van der Waals surface area contributed by atoms with Gasteiger partial charge in [-0.15, -0.1) is 11.3 Å². The molecule has 154 valence electrons. The highest BCUT2D eigenvalue weighted by molar-refractivity contribution is 7.07. The molecule has 0 unspecified atom stereocenters. The third-order valence-electron chi connectivity index (χ3n) is 5.21. The number of amides is 1. The third-order valence-corrected chi connectivity index (χ3v) is 6.12. The van der Waals surface area contributed by atoms with Crippen molar-refractivity contribution in [2.24, 2.45) is 10.1 Å². The summed E-state index contributed by atoms with van der Waals surface area (Å²) in [6.45, 7) is 2.05. The number of hydrogen-bond donors (Lipinski definition) is 1. The third kappa shape index (κ3) is 3.53. The van der Waals surface area contributed by atoms with Gasteiger partial charge in [-0.25, -0.2) is 4.68 Å². The molecule has 5 rings (SSSR count). The number of anilines is 1. The van der Waals surface area contributed by atoms with Gasteiger partial charge in [0.1, 0.15) is 5.75 Å². The lowest BCUT2D eigenvalue weighted by Crippen LogP contribution is -2.25. The Hall–Kier alpha value is -3.71. The van der Waals surface area contributed by atoms with Crippen molar-refractivity contribution >= 4 is 39.4 Å². The highest BCUT2D eigenvalue weighted by atomic mass is 32.1. The van der Waals surface area contributed by atoms with Crippen molar-refractivity contribution in [1.82, 2.24) is 4.68 Å². The average molecular weight is 429 g/mol. The summed E-state index contributed by atoms with van der Waals surface area (Å²) < 4.78 is 7.34. The van der Waals surface area contributed by atoms with E-state index in [4.69, 9.17) is 9.84 Å². The molecule has 31 heavy (non-hydrogen) atoms. The number of carbonyl (C=O) groups is 1. The number of carbonyl (C=O) groups excluding carboxylic acids is 1. The summed E-state index contributed by atoms with van der Waals surface area (Å²) in [5.41, 5.74) is 4.45. The maximum absolute atomic E-state index is 11.7. The minimum Gasteiger partial charge on any atom is -0.482 e. The number of aromatic nitrogens is 1. The Morgan fingerprint density at radius 2 is 1.97 bits per heavy atom. The lowest BCUT2D eigenvalue weighted by Gasteiger charge is -2.18. The highest BCUT2D eigenvalue weighted by Gasteiger charge is 2.18. The van der Waals surface area contributed by atoms with Crippen LogP contribution in [-0.4, -0.2) is 29.9 Å². The molecule has 1 aromatic heterocycles. The second-order valence-electron chi connectivity index (χ2n) is 7.20. The molecule has 0 radical (unpaired) electrons. The van der Waals surface area contributed by atoms with Crippen LogP contribution in [-0.2, 0) is 4.79 Å². The molecule has 0 atom stereocenters. The normalized spacial score (nSPS) is 14.3. The molecule has 1 aliphatic rings. The van der Waals surface area contributed by atoms with E-state index in [1.807, 2.05) is 53.4 Å². The molecule has 7 heteroatoms. The molecule has 0 saturated heterocycles. The van der Waals surface area contributed by atoms with E-state index >= 15 is 0 Å². The van der Waals surface area contributed by atoms with E-state index < -0.39 is 0 Å². The Morgan fingerprint density at radius 3 is 2.84 bits per heavy atom. The lowest BCUT2D eigenvalue weighted by molar-refractivity contribution is -0.118. The van der Waals surface area contributed by atoms with E-state index in [0.717, 1.165) is 32.7 Å². The van der Waals surface area contributed by atoms with Gasteiger partial charge in [0.15, 0.2) is 6.61 Å². The number of fused-ring (bicyclic) bond motifs is 2. The molecule has 0 spiro atoms. The first-order valence-corrected chi connectivity index (χ1v) is 10.8. The van der Waals surface area contributed by atoms with Crippen molar-refractivity contribution in [3.8, 4) is 17.0 Å². The smallest absolute Gasteiger partial charge is 0.262 e. The van der Waals surface area contributed by atoms with Crippen LogP contribution in [0.1, 0.15) is 12.5 Å². The largest absolute Gasteiger partial charge is 0.482 e. The fraction of sp³-hybridized carbons (Fsp3) is 0.125. The van der Waals surface area contributed by atoms with E-state index in [2.05, 4.69) is 34.6 Å². The van der Waals surface area contributed by atoms with Crippen molar-refractivity contribution in [3.05, 3.63) is 76.4 Å². The second kappa shape index (κ2) is 7.85. The topological polar surface area (TPSA) is 68.0 Å². The Bertz CT molecular complexity index is 1410. The van der Waals surface area contributed by atoms with E-state index in [9.17, 15) is 4.79 Å². The van der Waals surface area contributed by atoms with Gasteiger partial charge in [0.05, 0.1) is 17.1 Å². The van der Waals surface area contributed by atoms with E-state index in [1.54, 1.807) is 7.05 Å². The Labute approximate surface area is 183 Å². The molecule has 0 fully saturated rings. The van der Waals surface area contributed by atoms with Gasteiger partial charge in [0.2, 0.25) is 4.80 Å². The molecule has 2 heterocycles. The molecular weight excluding hydrogens is 408 g/mol. The van der Waals surface area contributed by atoms with Gasteiger partial charge in [-0.2, -0.15) is 5.10 Å². The summed E-state index contributed by atoms with van der Waals surface area (Å²) in [6.07, 6.45) is 0. The van der Waals surface area contributed by atoms with Crippen LogP contribution in [0.15, 0.2) is 76.1 Å². The monoisotopic (exact) mass is 428 g/mol. The molecule has 1 aliphatic heterocycles. The maximum atomic E-state index is 11.7. The molecule has 0 saturated carbocycles. The maximum Gasteiger partial charge on any atom is 0.262 e. The van der Waals surface area contributed by atoms with Gasteiger partial charge in [-0.05, 0) is 35.9 Å². The predicted molar refractivity (Wildman–Crippen MR) is 125 cm³/mol. The van der Waals surface area contributed by atoms with E-state index in [-0.39, 0.29) is 12.5 Å². The van der Waals surface area contributed by atoms with Crippen LogP contribution in [0, 0.1) is 0 Å². The Morgan fingerprint density at radius 1 is 1.13 bits per heavy atom. The molecule has 0 aliphatic carbocycles. The van der Waals surface area contributed by atoms with Gasteiger partial charge in [0.25, 0.3) is 5.91 Å². The quantitative estimate of drug-likeness (QED) is 0.488. The predicted octanol–water partition coefficient (Wildman–Crippen LogP) is 4.50. The molecule has 1 amide bonds. The number of hydrogen-bond acceptors (Lipinski definition) is 5. The lowest BCUT2D eigenvalue weighted by atomic mass is 10.0. The summed E-state index contributed by atoms with van der Waals surface area (Å²) in [6, 6.07) is 20.3. The number of thiazole rings is 1. The van der Waals surface area contributed by atoms with E-state index in [1.165, 1.54) is 16.7 Å². The first-order chi connectivity index (χ1) is 15.1. The van der Waals surface area contributed by atoms with Crippen molar-refractivity contribution < 1.29 is 9.53 Å². The summed E-state index contributed by atoms with van der Waals surface area (Å²) in [7, 11) is 1.76. The Kier molecular flexibility index (Phi) is 4.88. The van der Waals surface area contributed by atoms with Crippen LogP contribution in [0.2, 0.25) is 0 Å². The Balaban J connectivity index is 1.63. The molecule has 0 bridgehead atoms. The zero-order valence-corrected chi connectivity index (χ0v) is 17.9. The highest BCUT2D eigenvalue weighted by Crippen LogP contribution is 2.33. The van der Waals surface area contributed by atoms with Gasteiger partial charge >= 0.3 is 0 Å². The van der Waals surface area contributed by atoms with Crippen molar-refractivity contribution in [1.29, 1.82) is 0 Å². The van der Waals surface area contributed by atoms with Gasteiger partial charge in [-0.1, -0.05) is 42.5 Å². The molecule has 6 nitrogen and oxygen atoms in total. The average Bonchev–Trinajstić information content (AvgIpc) is 3.20. The van der Waals surface area contributed by atoms with Crippen LogP contribution in [0.4, 0.5) is 5.69 Å². The molecule has 1 N–H and O–H groups in total. The first kappa shape index (κ1) is 19.3. The zero-order valence-electron chi connectivity index (χ0n) is 17.1. The van der Waals surface area contributed by atoms with Gasteiger partial charge in [0, 0.05) is 23.6 Å². The van der Waals surface area contributed by atoms with Crippen LogP contribution in [0.3, 0.4) is 0 Å². The standard InChI is InChI=1S/C24H20N4O2S/c1-15(18-9-5-7-16-6-3-4-8-19(16)18)27-28-21(14-31-24(28)25-2)17-10-11-22-20(12-17)26-23(29)13-30-22/h3-12,14H,13H2,1-2H3,(H,26,29). The number of rotatable bonds is 3. The number of nitrogens with zero attached hydrogens (tertiary/aromatic N) is 3. The van der Waals surface area contributed by atoms with Crippen molar-refractivity contribution in [2.75, 3.05) is 19.0 Å². The van der Waals surface area contributed by atoms with Crippen molar-refractivity contribution in [3.63, 3.8) is 0 Å². The number of benzene rings is 3. The SMILES string of the molecule is CN=c1scc(-c2ccc3c(c2)NC(=O)CO3)n1N=C(C)c1cccc2ccccc12. The molecule has 4 aromatic rings. The van der Waals surface area contributed by atoms with Crippen LogP contribution >= 0.6 is 11.3 Å². The van der Waals surface area contributed by atoms with Crippen LogP contribution < -0.4 is 14.9 Å². The zero-order chi connectivity index (χ0) is 21.4. The van der Waals surface area contributed by atoms with Gasteiger partial charge < -0.3 is 10.1 Å². The van der Waals surface area contributed by atoms with Crippen LogP contribution in [0.25, 0.3) is 22.0 Å². The minimum absolute atomic E-state index is 0.0399. The summed E-state index contributed by atoms with van der Waals surface area (Å²) in [5.74, 6) is 0.512. The fourth-order valence-electron chi connectivity index (χ4n) is 3.73. The summed E-state index contributed by atoms with van der Waals surface area (Å²) >= 11 is 1.52. The summed E-state index contributed by atoms with van der Waals surface area (Å²) in [5, 5.41) is 12.2. The van der Waals surface area contributed by atoms with Crippen LogP contribution in [0.5, 0.6) is 5.75 Å². The van der Waals surface area contributed by atoms with Gasteiger partial charge in [-0.3, -0.25) is 9.79 Å². The van der Waals surface area contributed by atoms with Crippen molar-refractivity contribution in [2.45, 2.75) is 6.92 Å².